The third kappa shape index (κ3) is 3.55. The molecule has 0 bridgehead atoms. The first kappa shape index (κ1) is 18.0. The number of carbonyl (C=O) groups is 1. The zero-order valence-electron chi connectivity index (χ0n) is 15.2. The second-order valence-corrected chi connectivity index (χ2v) is 8.22. The number of fused-ring (bicyclic) bond motifs is 1. The molecule has 0 saturated carbocycles. The van der Waals surface area contributed by atoms with E-state index in [1.165, 1.54) is 6.07 Å². The van der Waals surface area contributed by atoms with E-state index >= 15 is 0 Å². The van der Waals surface area contributed by atoms with Crippen molar-refractivity contribution in [1.82, 2.24) is 19.6 Å². The van der Waals surface area contributed by atoms with Gasteiger partial charge in [0.2, 0.25) is 0 Å². The van der Waals surface area contributed by atoms with Gasteiger partial charge in [0.15, 0.2) is 0 Å². The van der Waals surface area contributed by atoms with Crippen LogP contribution in [0.2, 0.25) is 5.02 Å². The van der Waals surface area contributed by atoms with Crippen molar-refractivity contribution in [2.24, 2.45) is 5.92 Å². The molecule has 0 unspecified atom stereocenters. The number of halogens is 2. The molecule has 0 aliphatic carbocycles. The normalized spacial score (nSPS) is 27.2. The fourth-order valence-corrected chi connectivity index (χ4v) is 4.59. The van der Waals surface area contributed by atoms with E-state index in [2.05, 4.69) is 16.8 Å². The van der Waals surface area contributed by atoms with Crippen LogP contribution < -0.4 is 0 Å². The van der Waals surface area contributed by atoms with Crippen LogP contribution in [0.5, 0.6) is 0 Å². The molecule has 3 heterocycles. The molecular weight excluding hydrogens is 355 g/mol. The van der Waals surface area contributed by atoms with Gasteiger partial charge in [-0.3, -0.25) is 4.90 Å². The van der Waals surface area contributed by atoms with Crippen LogP contribution in [0.15, 0.2) is 18.2 Å². The molecule has 2 amide bonds. The molecule has 2 atom stereocenters. The Balaban J connectivity index is 1.37. The summed E-state index contributed by atoms with van der Waals surface area (Å²) >= 11 is 5.78. The Bertz CT molecular complexity index is 680. The molecule has 3 saturated heterocycles. The molecule has 5 nitrogen and oxygen atoms in total. The Hall–Kier alpha value is -1.37. The predicted octanol–water partition coefficient (Wildman–Crippen LogP) is 2.35. The van der Waals surface area contributed by atoms with E-state index < -0.39 is 0 Å². The van der Waals surface area contributed by atoms with Crippen molar-refractivity contribution in [1.29, 1.82) is 0 Å². The smallest absolute Gasteiger partial charge is 0.320 e. The van der Waals surface area contributed by atoms with Crippen molar-refractivity contribution in [3.63, 3.8) is 0 Å². The van der Waals surface area contributed by atoms with E-state index in [1.807, 2.05) is 15.9 Å². The van der Waals surface area contributed by atoms with E-state index in [-0.39, 0.29) is 16.9 Å². The van der Waals surface area contributed by atoms with Crippen molar-refractivity contribution in [2.75, 3.05) is 52.9 Å². The minimum Gasteiger partial charge on any atom is -0.323 e. The van der Waals surface area contributed by atoms with Gasteiger partial charge in [-0.25, -0.2) is 9.18 Å². The van der Waals surface area contributed by atoms with E-state index in [0.29, 0.717) is 18.5 Å². The Labute approximate surface area is 159 Å². The van der Waals surface area contributed by atoms with E-state index in [4.69, 9.17) is 11.6 Å². The second-order valence-electron chi connectivity index (χ2n) is 7.81. The Morgan fingerprint density at radius 1 is 1.15 bits per heavy atom. The molecule has 0 radical (unpaired) electrons. The highest BCUT2D eigenvalue weighted by Crippen LogP contribution is 2.33. The predicted molar refractivity (Wildman–Crippen MR) is 99.8 cm³/mol. The van der Waals surface area contributed by atoms with Gasteiger partial charge in [-0.15, -0.1) is 0 Å². The third-order valence-electron chi connectivity index (χ3n) is 6.08. The lowest BCUT2D eigenvalue weighted by molar-refractivity contribution is 0.124. The molecule has 26 heavy (non-hydrogen) atoms. The molecule has 1 aromatic rings. The van der Waals surface area contributed by atoms with Gasteiger partial charge in [0.1, 0.15) is 5.82 Å². The largest absolute Gasteiger partial charge is 0.323 e. The van der Waals surface area contributed by atoms with Crippen LogP contribution in [-0.2, 0) is 6.54 Å². The molecule has 0 N–H and O–H groups in total. The summed E-state index contributed by atoms with van der Waals surface area (Å²) in [6.07, 6.45) is 1.10. The number of carbonyl (C=O) groups excluding carboxylic acids is 1. The second kappa shape index (κ2) is 7.33. The number of likely N-dealkylation sites (tertiary alicyclic amines) is 2. The Morgan fingerprint density at radius 3 is 2.65 bits per heavy atom. The summed E-state index contributed by atoms with van der Waals surface area (Å²) in [5.74, 6) is 0.168. The first-order valence-corrected chi connectivity index (χ1v) is 9.79. The van der Waals surface area contributed by atoms with E-state index in [9.17, 15) is 9.18 Å². The number of rotatable bonds is 2. The van der Waals surface area contributed by atoms with Gasteiger partial charge < -0.3 is 14.7 Å². The third-order valence-corrected chi connectivity index (χ3v) is 6.38. The van der Waals surface area contributed by atoms with Gasteiger partial charge in [0.05, 0.1) is 5.02 Å². The summed E-state index contributed by atoms with van der Waals surface area (Å²) in [6, 6.07) is 5.60. The zero-order chi connectivity index (χ0) is 18.3. The summed E-state index contributed by atoms with van der Waals surface area (Å²) in [7, 11) is 2.10. The van der Waals surface area contributed by atoms with Crippen molar-refractivity contribution in [3.05, 3.63) is 34.6 Å². The van der Waals surface area contributed by atoms with Gasteiger partial charge in [0.25, 0.3) is 0 Å². The maximum absolute atomic E-state index is 13.7. The standard InChI is InChI=1S/C19H26ClFN4O/c1-22-6-8-23(9-7-22)19(26)25-12-15-4-5-24(18(15)13-25)11-14-2-3-16(20)17(21)10-14/h2-3,10,15,18H,4-9,11-13H2,1H3/t15-,18+/m0/s1. The average molecular weight is 381 g/mol. The van der Waals surface area contributed by atoms with Crippen molar-refractivity contribution in [3.8, 4) is 0 Å². The van der Waals surface area contributed by atoms with Crippen LogP contribution in [0.4, 0.5) is 9.18 Å². The minimum absolute atomic E-state index is 0.165. The quantitative estimate of drug-likeness (QED) is 0.789. The highest BCUT2D eigenvalue weighted by atomic mass is 35.5. The first-order chi connectivity index (χ1) is 12.5. The summed E-state index contributed by atoms with van der Waals surface area (Å²) in [5.41, 5.74) is 0.941. The van der Waals surface area contributed by atoms with Crippen LogP contribution in [0.1, 0.15) is 12.0 Å². The molecule has 7 heteroatoms. The monoisotopic (exact) mass is 380 g/mol. The van der Waals surface area contributed by atoms with Crippen LogP contribution in [0, 0.1) is 11.7 Å². The summed E-state index contributed by atoms with van der Waals surface area (Å²) < 4.78 is 13.7. The number of urea groups is 1. The first-order valence-electron chi connectivity index (χ1n) is 9.41. The fourth-order valence-electron chi connectivity index (χ4n) is 4.47. The van der Waals surface area contributed by atoms with Crippen molar-refractivity contribution < 1.29 is 9.18 Å². The van der Waals surface area contributed by atoms with Gasteiger partial charge in [0, 0.05) is 51.9 Å². The number of amides is 2. The molecule has 3 fully saturated rings. The number of piperazine rings is 1. The Morgan fingerprint density at radius 2 is 1.92 bits per heavy atom. The maximum Gasteiger partial charge on any atom is 0.320 e. The van der Waals surface area contributed by atoms with Crippen LogP contribution in [0.25, 0.3) is 0 Å². The minimum atomic E-state index is -0.363. The average Bonchev–Trinajstić information content (AvgIpc) is 3.20. The highest BCUT2D eigenvalue weighted by Gasteiger charge is 2.43. The number of hydrogen-bond donors (Lipinski definition) is 0. The lowest BCUT2D eigenvalue weighted by atomic mass is 10.0. The summed E-state index contributed by atoms with van der Waals surface area (Å²) in [6.45, 7) is 6.88. The topological polar surface area (TPSA) is 30.0 Å². The molecular formula is C19H26ClFN4O. The molecule has 0 spiro atoms. The summed E-state index contributed by atoms with van der Waals surface area (Å²) in [4.78, 5) is 21.5. The van der Waals surface area contributed by atoms with Gasteiger partial charge in [-0.2, -0.15) is 0 Å². The van der Waals surface area contributed by atoms with Crippen LogP contribution >= 0.6 is 11.6 Å². The number of nitrogens with zero attached hydrogens (tertiary/aromatic N) is 4. The van der Waals surface area contributed by atoms with E-state index in [0.717, 1.165) is 57.8 Å². The molecule has 0 aromatic heterocycles. The van der Waals surface area contributed by atoms with Gasteiger partial charge in [-0.1, -0.05) is 17.7 Å². The number of hydrogen-bond acceptors (Lipinski definition) is 3. The molecule has 3 aliphatic heterocycles. The van der Waals surface area contributed by atoms with Crippen molar-refractivity contribution in [2.45, 2.75) is 19.0 Å². The number of benzene rings is 1. The SMILES string of the molecule is CN1CCN(C(=O)N2C[C@@H]3CCN(Cc4ccc(Cl)c(F)c4)[C@@H]3C2)CC1. The Kier molecular flexibility index (Phi) is 5.08. The summed E-state index contributed by atoms with van der Waals surface area (Å²) in [5, 5.41) is 0.165. The van der Waals surface area contributed by atoms with E-state index in [1.54, 1.807) is 6.07 Å². The van der Waals surface area contributed by atoms with Gasteiger partial charge >= 0.3 is 6.03 Å². The molecule has 3 aliphatic rings. The molecule has 4 rings (SSSR count). The molecule has 1 aromatic carbocycles. The fraction of sp³-hybridized carbons (Fsp3) is 0.632. The van der Waals surface area contributed by atoms with Crippen LogP contribution in [0.3, 0.4) is 0 Å². The van der Waals surface area contributed by atoms with Crippen molar-refractivity contribution >= 4 is 17.6 Å². The highest BCUT2D eigenvalue weighted by molar-refractivity contribution is 6.30. The van der Waals surface area contributed by atoms with Gasteiger partial charge in [-0.05, 0) is 43.6 Å². The lowest BCUT2D eigenvalue weighted by Gasteiger charge is -2.35. The van der Waals surface area contributed by atoms with Crippen LogP contribution in [-0.4, -0.2) is 84.5 Å². The number of likely N-dealkylation sites (N-methyl/N-ethyl adjacent to an activating group) is 1. The lowest BCUT2D eigenvalue weighted by Crippen LogP contribution is -2.52. The zero-order valence-corrected chi connectivity index (χ0v) is 16.0. The maximum atomic E-state index is 13.7. The molecule has 142 valence electrons.